The van der Waals surface area contributed by atoms with Gasteiger partial charge in [0.15, 0.2) is 20.6 Å². The van der Waals surface area contributed by atoms with E-state index in [4.69, 9.17) is 0 Å². The second-order valence-electron chi connectivity index (χ2n) is 5.17. The Morgan fingerprint density at radius 2 is 0.600 bits per heavy atom. The molecule has 0 aromatic heterocycles. The molecule has 24 heteroatoms. The van der Waals surface area contributed by atoms with E-state index in [-0.39, 0.29) is 66.0 Å². The molecule has 6 nitrogen and oxygen atoms in total. The SMILES string of the molecule is C.C.C.C.C.C.C.C.CCOC(F)(F)OCF.CCOC(F)(OCF)C(F)(F)F.CCOC(OCF)(C(F)(F)F)C(F)(F)F.CF.CF.CF. The van der Waals surface area contributed by atoms with Gasteiger partial charge in [-0.05, 0) is 20.8 Å². The molecule has 328 valence electrons. The van der Waals surface area contributed by atoms with Crippen LogP contribution >= 0.6 is 0 Å². The maximum atomic E-state index is 12.5. The van der Waals surface area contributed by atoms with Crippen molar-refractivity contribution < 1.29 is 107 Å². The van der Waals surface area contributed by atoms with Crippen LogP contribution in [0.25, 0.3) is 0 Å². The smallest absolute Gasteiger partial charge is 0.336 e. The zero-order chi connectivity index (χ0) is 35.5. The zero-order valence-corrected chi connectivity index (χ0v) is 22.5. The van der Waals surface area contributed by atoms with E-state index >= 15 is 0 Å². The molecule has 0 radical (unpaired) electrons. The van der Waals surface area contributed by atoms with Crippen LogP contribution in [-0.4, -0.2) is 98.6 Å². The second-order valence-corrected chi connectivity index (χ2v) is 5.17. The van der Waals surface area contributed by atoms with Gasteiger partial charge in [-0.2, -0.15) is 43.9 Å². The lowest BCUT2D eigenvalue weighted by atomic mass is 10.2. The topological polar surface area (TPSA) is 55.4 Å². The highest BCUT2D eigenvalue weighted by molar-refractivity contribution is 4.87. The summed E-state index contributed by atoms with van der Waals surface area (Å²) in [5, 5.41) is 0. The predicted octanol–water partition coefficient (Wildman–Crippen LogP) is 13.3. The number of halogens is 18. The van der Waals surface area contributed by atoms with Crippen LogP contribution in [0.4, 0.5) is 79.0 Å². The third-order valence-corrected chi connectivity index (χ3v) is 2.80. The van der Waals surface area contributed by atoms with Gasteiger partial charge in [-0.3, -0.25) is 27.4 Å². The quantitative estimate of drug-likeness (QED) is 0.145. The first kappa shape index (κ1) is 91.9. The van der Waals surface area contributed by atoms with Gasteiger partial charge in [0.25, 0.3) is 0 Å². The Kier molecular flexibility index (Phi) is 87.3. The van der Waals surface area contributed by atoms with Crippen LogP contribution in [0, 0.1) is 0 Å². The van der Waals surface area contributed by atoms with Gasteiger partial charge in [0, 0.05) is 6.61 Å². The molecule has 0 amide bonds. The highest BCUT2D eigenvalue weighted by Gasteiger charge is 2.74. The normalized spacial score (nSPS) is 11.0. The fourth-order valence-electron chi connectivity index (χ4n) is 1.54. The van der Waals surface area contributed by atoms with Crippen LogP contribution < -0.4 is 0 Å². The van der Waals surface area contributed by atoms with Gasteiger partial charge in [0.1, 0.15) is 0 Å². The predicted molar refractivity (Wildman–Crippen MR) is 161 cm³/mol. The standard InChI is InChI=1S/C6H7F7O2.C5H7F5O2.C4H7F3O2.3CH3F.8CH4/c1-2-14-4(15-3-7,5(8,9)10)6(11,12)13;1-2-11-5(10,12-3-6)4(7,8)9;1-2-8-4(6,7)9-3-5;3*1-2;;;;;;;;/h2-3H2,1H3;2-3H2,1H3;2-3H2,1H3;3*1H3;8*1H4. The summed E-state index contributed by atoms with van der Waals surface area (Å²) in [6.07, 6.45) is -21.0. The number of rotatable bonds is 12. The van der Waals surface area contributed by atoms with Crippen LogP contribution in [0.3, 0.4) is 0 Å². The van der Waals surface area contributed by atoms with Crippen molar-refractivity contribution in [3.05, 3.63) is 0 Å². The van der Waals surface area contributed by atoms with E-state index in [9.17, 15) is 79.0 Å². The van der Waals surface area contributed by atoms with E-state index in [1.807, 2.05) is 0 Å². The van der Waals surface area contributed by atoms with Crippen molar-refractivity contribution >= 4 is 0 Å². The van der Waals surface area contributed by atoms with Gasteiger partial charge >= 0.3 is 36.7 Å². The van der Waals surface area contributed by atoms with E-state index < -0.39 is 70.4 Å². The fourth-order valence-corrected chi connectivity index (χ4v) is 1.54. The number of hydrogen-bond donors (Lipinski definition) is 0. The average molecular weight is 813 g/mol. The minimum atomic E-state index is -5.91. The first-order valence-corrected chi connectivity index (χ1v) is 10.0. The van der Waals surface area contributed by atoms with Crippen molar-refractivity contribution in [2.24, 2.45) is 0 Å². The van der Waals surface area contributed by atoms with Crippen molar-refractivity contribution in [1.29, 1.82) is 0 Å². The Bertz CT molecular complexity index is 533. The molecule has 0 bridgehead atoms. The first-order valence-electron chi connectivity index (χ1n) is 10.0. The number of alkyl halides is 18. The second kappa shape index (κ2) is 47.5. The molecule has 0 aliphatic heterocycles. The summed E-state index contributed by atoms with van der Waals surface area (Å²) in [5.74, 6) is -4.90. The zero-order valence-electron chi connectivity index (χ0n) is 22.5. The van der Waals surface area contributed by atoms with Crippen molar-refractivity contribution in [1.82, 2.24) is 0 Å². The Labute approximate surface area is 287 Å². The summed E-state index contributed by atoms with van der Waals surface area (Å²) in [4.78, 5) is 0. The van der Waals surface area contributed by atoms with E-state index in [2.05, 4.69) is 28.4 Å². The highest BCUT2D eigenvalue weighted by atomic mass is 19.4. The van der Waals surface area contributed by atoms with Crippen molar-refractivity contribution in [2.45, 2.75) is 117 Å². The minimum Gasteiger partial charge on any atom is -0.336 e. The molecule has 0 rings (SSSR count). The molecule has 0 aromatic rings. The maximum absolute atomic E-state index is 12.5. The molecular formula is C26H62F18O6. The Balaban J connectivity index is -0.0000000284. The molecule has 0 fully saturated rings. The lowest BCUT2D eigenvalue weighted by molar-refractivity contribution is -0.472. The third-order valence-electron chi connectivity index (χ3n) is 2.80. The van der Waals surface area contributed by atoms with Crippen LogP contribution in [0.5, 0.6) is 0 Å². The summed E-state index contributed by atoms with van der Waals surface area (Å²) in [7, 11) is 1.50. The molecule has 1 atom stereocenters. The lowest BCUT2D eigenvalue weighted by Crippen LogP contribution is -2.60. The molecular weight excluding hydrogens is 750 g/mol. The molecule has 1 unspecified atom stereocenters. The van der Waals surface area contributed by atoms with Gasteiger partial charge < -0.3 is 14.2 Å². The van der Waals surface area contributed by atoms with Gasteiger partial charge in [-0.15, -0.1) is 8.78 Å². The van der Waals surface area contributed by atoms with E-state index in [0.29, 0.717) is 21.5 Å². The van der Waals surface area contributed by atoms with Gasteiger partial charge in [-0.1, -0.05) is 59.4 Å². The molecule has 0 aliphatic rings. The van der Waals surface area contributed by atoms with Crippen molar-refractivity contribution in [2.75, 3.05) is 61.9 Å². The monoisotopic (exact) mass is 812 g/mol. The maximum Gasteiger partial charge on any atom is 0.487 e. The summed E-state index contributed by atoms with van der Waals surface area (Å²) in [6.45, 7) is -4.06. The summed E-state index contributed by atoms with van der Waals surface area (Å²) < 4.78 is 226. The average Bonchev–Trinajstić information content (AvgIpc) is 2.86. The fraction of sp³-hybridized carbons (Fsp3) is 1.00. The minimum absolute atomic E-state index is 0. The largest absolute Gasteiger partial charge is 0.487 e. The van der Waals surface area contributed by atoms with Gasteiger partial charge in [0.05, 0.1) is 34.7 Å². The van der Waals surface area contributed by atoms with Crippen molar-refractivity contribution in [3.8, 4) is 0 Å². The lowest BCUT2D eigenvalue weighted by Gasteiger charge is -2.34. The molecule has 0 N–H and O–H groups in total. The molecule has 0 saturated carbocycles. The van der Waals surface area contributed by atoms with Crippen LogP contribution in [0.15, 0.2) is 0 Å². The Hall–Kier alpha value is -1.50. The summed E-state index contributed by atoms with van der Waals surface area (Å²) in [5.41, 5.74) is 0. The van der Waals surface area contributed by atoms with E-state index in [1.54, 1.807) is 0 Å². The number of hydrogen-bond acceptors (Lipinski definition) is 6. The third kappa shape index (κ3) is 39.3. The van der Waals surface area contributed by atoms with Crippen LogP contribution in [0.1, 0.15) is 80.2 Å². The van der Waals surface area contributed by atoms with Crippen LogP contribution in [0.2, 0.25) is 0 Å². The number of ether oxygens (including phenoxy) is 6. The van der Waals surface area contributed by atoms with E-state index in [0.717, 1.165) is 13.8 Å². The summed E-state index contributed by atoms with van der Waals surface area (Å²) in [6, 6.07) is -4.34. The first-order chi connectivity index (χ1) is 19.1. The highest BCUT2D eigenvalue weighted by Crippen LogP contribution is 2.46. The summed E-state index contributed by atoms with van der Waals surface area (Å²) >= 11 is 0. The van der Waals surface area contributed by atoms with Crippen molar-refractivity contribution in [3.63, 3.8) is 0 Å². The van der Waals surface area contributed by atoms with Gasteiger partial charge in [-0.25, -0.2) is 13.2 Å². The molecule has 0 saturated heterocycles. The molecule has 0 aliphatic carbocycles. The van der Waals surface area contributed by atoms with Crippen LogP contribution in [-0.2, 0) is 28.4 Å². The Morgan fingerprint density at radius 3 is 0.780 bits per heavy atom. The molecule has 50 heavy (non-hydrogen) atoms. The Morgan fingerprint density at radius 1 is 0.340 bits per heavy atom. The molecule has 0 heterocycles. The van der Waals surface area contributed by atoms with Gasteiger partial charge in [0.2, 0.25) is 0 Å². The molecule has 0 aromatic carbocycles. The van der Waals surface area contributed by atoms with E-state index in [1.165, 1.54) is 6.92 Å². The molecule has 0 spiro atoms.